The van der Waals surface area contributed by atoms with Crippen LogP contribution >= 0.6 is 0 Å². The predicted octanol–water partition coefficient (Wildman–Crippen LogP) is 2.95. The molecule has 8 nitrogen and oxygen atoms in total. The molecular formula is C16H16N2O6. The van der Waals surface area contributed by atoms with Gasteiger partial charge in [0.2, 0.25) is 0 Å². The van der Waals surface area contributed by atoms with Crippen molar-refractivity contribution in [2.45, 2.75) is 38.8 Å². The lowest BCUT2D eigenvalue weighted by atomic mass is 9.73. The summed E-state index contributed by atoms with van der Waals surface area (Å²) in [6.45, 7) is 3.81. The zero-order valence-electron chi connectivity index (χ0n) is 13.2. The Balaban J connectivity index is 2.10. The molecule has 0 saturated heterocycles. The Kier molecular flexibility index (Phi) is 3.62. The number of nitro groups is 2. The number of nitro benzene ring substituents is 1. The van der Waals surface area contributed by atoms with Gasteiger partial charge in [0, 0.05) is 25.0 Å². The molecule has 3 rings (SSSR count). The molecule has 0 aromatic heterocycles. The van der Waals surface area contributed by atoms with E-state index in [9.17, 15) is 25.0 Å². The Hall–Kier alpha value is -2.77. The zero-order chi connectivity index (χ0) is 17.6. The lowest BCUT2D eigenvalue weighted by Crippen LogP contribution is -2.28. The van der Waals surface area contributed by atoms with Gasteiger partial charge in [0.1, 0.15) is 11.7 Å². The van der Waals surface area contributed by atoms with Gasteiger partial charge in [0.25, 0.3) is 5.69 Å². The number of Topliss-reactive ketones (excluding diaryl/α,β-unsaturated/α-hetero) is 1. The van der Waals surface area contributed by atoms with Gasteiger partial charge in [-0.05, 0) is 11.0 Å². The van der Waals surface area contributed by atoms with Crippen LogP contribution in [0.25, 0.3) is 0 Å². The Bertz CT molecular complexity index is 783. The van der Waals surface area contributed by atoms with Crippen LogP contribution in [0.5, 0.6) is 0 Å². The van der Waals surface area contributed by atoms with Gasteiger partial charge in [-0.2, -0.15) is 0 Å². The molecule has 1 aliphatic heterocycles. The standard InChI is InChI=1S/C16H16N2O6/c1-16(2)7-11(19)14-12(8-16)24-15(18(22)23)13(14)9-4-3-5-10(6-9)17(20)21/h3-6,13,15H,7-8H2,1-2H3/t13-,15+/m0/s1. The van der Waals surface area contributed by atoms with E-state index in [-0.39, 0.29) is 28.9 Å². The van der Waals surface area contributed by atoms with Gasteiger partial charge < -0.3 is 4.74 Å². The summed E-state index contributed by atoms with van der Waals surface area (Å²) in [5.41, 5.74) is 0.141. The van der Waals surface area contributed by atoms with Crippen LogP contribution in [-0.2, 0) is 9.53 Å². The molecule has 0 radical (unpaired) electrons. The maximum Gasteiger partial charge on any atom is 0.364 e. The van der Waals surface area contributed by atoms with Crippen LogP contribution in [0.15, 0.2) is 35.6 Å². The topological polar surface area (TPSA) is 113 Å². The molecule has 2 aliphatic rings. The minimum Gasteiger partial charge on any atom is -0.433 e. The first kappa shape index (κ1) is 16.1. The molecule has 0 unspecified atom stereocenters. The zero-order valence-corrected chi connectivity index (χ0v) is 13.2. The van der Waals surface area contributed by atoms with Gasteiger partial charge in [0.05, 0.1) is 15.4 Å². The number of allylic oxidation sites excluding steroid dienone is 1. The van der Waals surface area contributed by atoms with E-state index in [1.165, 1.54) is 18.2 Å². The molecule has 2 atom stereocenters. The second-order valence-electron chi connectivity index (χ2n) is 6.90. The third-order valence-electron chi connectivity index (χ3n) is 4.39. The summed E-state index contributed by atoms with van der Waals surface area (Å²) in [4.78, 5) is 33.8. The summed E-state index contributed by atoms with van der Waals surface area (Å²) >= 11 is 0. The molecule has 126 valence electrons. The molecule has 0 N–H and O–H groups in total. The number of non-ortho nitro benzene ring substituents is 1. The first-order valence-corrected chi connectivity index (χ1v) is 7.50. The first-order chi connectivity index (χ1) is 11.2. The molecule has 0 spiro atoms. The second-order valence-corrected chi connectivity index (χ2v) is 6.90. The lowest BCUT2D eigenvalue weighted by molar-refractivity contribution is -0.570. The van der Waals surface area contributed by atoms with Gasteiger partial charge in [-0.15, -0.1) is 0 Å². The molecule has 8 heteroatoms. The van der Waals surface area contributed by atoms with Crippen molar-refractivity contribution in [3.8, 4) is 0 Å². The van der Waals surface area contributed by atoms with Crippen molar-refractivity contribution in [2.24, 2.45) is 5.41 Å². The molecule has 1 aromatic carbocycles. The van der Waals surface area contributed by atoms with E-state index < -0.39 is 22.0 Å². The molecule has 1 aromatic rings. The summed E-state index contributed by atoms with van der Waals surface area (Å²) in [5.74, 6) is -0.768. The highest BCUT2D eigenvalue weighted by atomic mass is 16.7. The quantitative estimate of drug-likeness (QED) is 0.621. The third-order valence-corrected chi connectivity index (χ3v) is 4.39. The number of hydrogen-bond acceptors (Lipinski definition) is 6. The number of carbonyl (C=O) groups excluding carboxylic acids is 1. The fraction of sp³-hybridized carbons (Fsp3) is 0.438. The largest absolute Gasteiger partial charge is 0.433 e. The maximum atomic E-state index is 12.6. The highest BCUT2D eigenvalue weighted by Crippen LogP contribution is 2.49. The minimum absolute atomic E-state index is 0.174. The van der Waals surface area contributed by atoms with Crippen LogP contribution < -0.4 is 0 Å². The van der Waals surface area contributed by atoms with E-state index in [1.54, 1.807) is 6.07 Å². The number of ether oxygens (including phenoxy) is 1. The maximum absolute atomic E-state index is 12.6. The lowest BCUT2D eigenvalue weighted by Gasteiger charge is -2.28. The van der Waals surface area contributed by atoms with Gasteiger partial charge in [-0.25, -0.2) is 0 Å². The average Bonchev–Trinajstić information content (AvgIpc) is 2.85. The number of rotatable bonds is 3. The van der Waals surface area contributed by atoms with Crippen molar-refractivity contribution in [3.63, 3.8) is 0 Å². The van der Waals surface area contributed by atoms with Gasteiger partial charge >= 0.3 is 6.23 Å². The van der Waals surface area contributed by atoms with Crippen LogP contribution in [0.3, 0.4) is 0 Å². The van der Waals surface area contributed by atoms with Crippen molar-refractivity contribution in [1.29, 1.82) is 0 Å². The fourth-order valence-corrected chi connectivity index (χ4v) is 3.41. The number of benzene rings is 1. The fourth-order valence-electron chi connectivity index (χ4n) is 3.41. The van der Waals surface area contributed by atoms with Crippen molar-refractivity contribution >= 4 is 11.5 Å². The van der Waals surface area contributed by atoms with E-state index in [0.29, 0.717) is 17.7 Å². The van der Waals surface area contributed by atoms with Crippen LogP contribution in [0.4, 0.5) is 5.69 Å². The predicted molar refractivity (Wildman–Crippen MR) is 82.8 cm³/mol. The molecule has 0 amide bonds. The minimum atomic E-state index is -1.44. The Morgan fingerprint density at radius 2 is 1.92 bits per heavy atom. The monoisotopic (exact) mass is 332 g/mol. The van der Waals surface area contributed by atoms with Gasteiger partial charge in [-0.3, -0.25) is 25.0 Å². The van der Waals surface area contributed by atoms with E-state index >= 15 is 0 Å². The second kappa shape index (κ2) is 5.40. The summed E-state index contributed by atoms with van der Waals surface area (Å²) in [5, 5.41) is 22.4. The smallest absolute Gasteiger partial charge is 0.364 e. The first-order valence-electron chi connectivity index (χ1n) is 7.50. The Labute approximate surface area is 137 Å². The van der Waals surface area contributed by atoms with Gasteiger partial charge in [-0.1, -0.05) is 26.0 Å². The third kappa shape index (κ3) is 2.64. The van der Waals surface area contributed by atoms with Crippen LogP contribution in [0.2, 0.25) is 0 Å². The van der Waals surface area contributed by atoms with Gasteiger partial charge in [0.15, 0.2) is 5.78 Å². The number of nitrogens with zero attached hydrogens (tertiary/aromatic N) is 2. The van der Waals surface area contributed by atoms with Crippen molar-refractivity contribution in [3.05, 3.63) is 61.4 Å². The highest BCUT2D eigenvalue weighted by Gasteiger charge is 2.51. The van der Waals surface area contributed by atoms with E-state index in [2.05, 4.69) is 0 Å². The highest BCUT2D eigenvalue weighted by molar-refractivity contribution is 5.99. The Morgan fingerprint density at radius 1 is 1.21 bits per heavy atom. The van der Waals surface area contributed by atoms with E-state index in [0.717, 1.165) is 0 Å². The average molecular weight is 332 g/mol. The number of carbonyl (C=O) groups is 1. The summed E-state index contributed by atoms with van der Waals surface area (Å²) in [6, 6.07) is 5.59. The van der Waals surface area contributed by atoms with Crippen molar-refractivity contribution in [1.82, 2.24) is 0 Å². The van der Waals surface area contributed by atoms with Crippen LogP contribution in [-0.4, -0.2) is 21.9 Å². The number of hydrogen-bond donors (Lipinski definition) is 0. The van der Waals surface area contributed by atoms with Crippen LogP contribution in [0.1, 0.15) is 38.2 Å². The molecule has 0 saturated carbocycles. The summed E-state index contributed by atoms with van der Waals surface area (Å²) < 4.78 is 5.49. The SMILES string of the molecule is CC1(C)CC(=O)C2=C(C1)O[C@@H]([N+](=O)[O-])[C@H]2c1cccc([N+](=O)[O-])c1. The van der Waals surface area contributed by atoms with Crippen molar-refractivity contribution < 1.29 is 19.4 Å². The molecule has 0 bridgehead atoms. The normalized spacial score (nSPS) is 25.2. The van der Waals surface area contributed by atoms with Crippen molar-refractivity contribution in [2.75, 3.05) is 0 Å². The molecule has 24 heavy (non-hydrogen) atoms. The number of ketones is 1. The molecule has 1 aliphatic carbocycles. The molecule has 0 fully saturated rings. The van der Waals surface area contributed by atoms with E-state index in [4.69, 9.17) is 4.74 Å². The summed E-state index contributed by atoms with van der Waals surface area (Å²) in [7, 11) is 0. The van der Waals surface area contributed by atoms with Crippen LogP contribution in [0, 0.1) is 25.6 Å². The molecular weight excluding hydrogens is 316 g/mol. The van der Waals surface area contributed by atoms with E-state index in [1.807, 2.05) is 13.8 Å². The summed E-state index contributed by atoms with van der Waals surface area (Å²) in [6.07, 6.45) is -0.732. The Morgan fingerprint density at radius 3 is 2.54 bits per heavy atom. The molecule has 1 heterocycles.